The number of nitrogens with two attached hydrogens (primary N) is 1. The number of pyridine rings is 1. The number of imidazole rings is 1. The van der Waals surface area contributed by atoms with Crippen molar-refractivity contribution in [1.82, 2.24) is 14.7 Å². The van der Waals surface area contributed by atoms with E-state index in [1.165, 1.54) is 18.4 Å². The van der Waals surface area contributed by atoms with Gasteiger partial charge in [-0.25, -0.2) is 4.98 Å². The fraction of sp³-hybridized carbons (Fsp3) is 0.529. The van der Waals surface area contributed by atoms with Gasteiger partial charge >= 0.3 is 0 Å². The number of hydrogen-bond donors (Lipinski definition) is 2. The van der Waals surface area contributed by atoms with Gasteiger partial charge in [-0.1, -0.05) is 6.07 Å². The first-order valence-corrected chi connectivity index (χ1v) is 9.19. The molecule has 23 heavy (non-hydrogen) atoms. The van der Waals surface area contributed by atoms with E-state index in [-0.39, 0.29) is 11.4 Å². The molecule has 1 aliphatic carbocycles. The van der Waals surface area contributed by atoms with Crippen molar-refractivity contribution in [3.05, 3.63) is 35.8 Å². The topological polar surface area (TPSA) is 72.4 Å². The highest BCUT2D eigenvalue weighted by molar-refractivity contribution is 7.99. The lowest BCUT2D eigenvalue weighted by Gasteiger charge is -2.29. The molecule has 0 aromatic carbocycles. The van der Waals surface area contributed by atoms with Gasteiger partial charge < -0.3 is 15.5 Å². The Morgan fingerprint density at radius 1 is 1.48 bits per heavy atom. The Morgan fingerprint density at radius 3 is 2.96 bits per heavy atom. The normalized spacial score (nSPS) is 17.2. The Balaban J connectivity index is 1.51. The highest BCUT2D eigenvalue weighted by Crippen LogP contribution is 2.38. The van der Waals surface area contributed by atoms with E-state index in [2.05, 4.69) is 36.4 Å². The van der Waals surface area contributed by atoms with Crippen molar-refractivity contribution in [2.24, 2.45) is 11.7 Å². The van der Waals surface area contributed by atoms with Crippen LogP contribution >= 0.6 is 11.8 Å². The first kappa shape index (κ1) is 16.3. The minimum atomic E-state index is -0.238. The van der Waals surface area contributed by atoms with Gasteiger partial charge in [0.05, 0.1) is 17.0 Å². The Bertz CT molecular complexity index is 710. The molecule has 1 amide bonds. The van der Waals surface area contributed by atoms with E-state index in [1.807, 2.05) is 16.7 Å². The summed E-state index contributed by atoms with van der Waals surface area (Å²) in [6.45, 7) is 4.62. The highest BCUT2D eigenvalue weighted by Gasteiger charge is 2.41. The third-order valence-electron chi connectivity index (χ3n) is 4.46. The number of amides is 1. The molecule has 2 heterocycles. The third-order valence-corrected chi connectivity index (χ3v) is 5.43. The number of thioether (sulfide) groups is 1. The third kappa shape index (κ3) is 3.87. The zero-order valence-corrected chi connectivity index (χ0v) is 14.5. The first-order chi connectivity index (χ1) is 11.0. The van der Waals surface area contributed by atoms with E-state index in [9.17, 15) is 4.79 Å². The molecule has 1 aliphatic rings. The second kappa shape index (κ2) is 6.53. The molecule has 1 unspecified atom stereocenters. The summed E-state index contributed by atoms with van der Waals surface area (Å²) in [6.07, 6.45) is 6.43. The summed E-state index contributed by atoms with van der Waals surface area (Å²) < 4.78 is 2.03. The van der Waals surface area contributed by atoms with Crippen LogP contribution in [-0.2, 0) is 10.5 Å². The lowest BCUT2D eigenvalue weighted by molar-refractivity contribution is -0.120. The van der Waals surface area contributed by atoms with Crippen LogP contribution in [0, 0.1) is 12.8 Å². The molecule has 6 heteroatoms. The summed E-state index contributed by atoms with van der Waals surface area (Å²) in [7, 11) is 0. The van der Waals surface area contributed by atoms with E-state index < -0.39 is 0 Å². The van der Waals surface area contributed by atoms with Crippen molar-refractivity contribution < 1.29 is 4.79 Å². The summed E-state index contributed by atoms with van der Waals surface area (Å²) in [5, 5.41) is 3.11. The average molecular weight is 332 g/mol. The van der Waals surface area contributed by atoms with Gasteiger partial charge in [0.1, 0.15) is 5.65 Å². The molecule has 0 spiro atoms. The molecule has 0 saturated heterocycles. The minimum absolute atomic E-state index is 0.0643. The Kier molecular flexibility index (Phi) is 4.64. The largest absolute Gasteiger partial charge is 0.349 e. The molecular weight excluding hydrogens is 308 g/mol. The van der Waals surface area contributed by atoms with Gasteiger partial charge in [-0.2, -0.15) is 0 Å². The van der Waals surface area contributed by atoms with Crippen molar-refractivity contribution in [3.63, 3.8) is 0 Å². The predicted molar refractivity (Wildman–Crippen MR) is 94.4 cm³/mol. The predicted octanol–water partition coefficient (Wildman–Crippen LogP) is 2.12. The van der Waals surface area contributed by atoms with Gasteiger partial charge in [0, 0.05) is 24.7 Å². The molecule has 1 fully saturated rings. The lowest BCUT2D eigenvalue weighted by atomic mass is 9.96. The summed E-state index contributed by atoms with van der Waals surface area (Å²) in [4.78, 5) is 16.7. The number of carbonyl (C=O) groups excluding carboxylic acids is 1. The van der Waals surface area contributed by atoms with Gasteiger partial charge in [0.15, 0.2) is 0 Å². The smallest absolute Gasteiger partial charge is 0.230 e. The maximum absolute atomic E-state index is 12.1. The molecule has 1 atom stereocenters. The number of aryl methyl sites for hydroxylation is 1. The average Bonchev–Trinajstić information content (AvgIpc) is 3.29. The zero-order valence-electron chi connectivity index (χ0n) is 13.7. The molecule has 3 rings (SSSR count). The molecule has 5 nitrogen and oxygen atoms in total. The molecule has 0 radical (unpaired) electrons. The van der Waals surface area contributed by atoms with Crippen molar-refractivity contribution in [2.45, 2.75) is 38.0 Å². The van der Waals surface area contributed by atoms with Crippen LogP contribution < -0.4 is 11.1 Å². The van der Waals surface area contributed by atoms with Crippen LogP contribution in [0.1, 0.15) is 31.0 Å². The lowest BCUT2D eigenvalue weighted by Crippen LogP contribution is -2.53. The van der Waals surface area contributed by atoms with E-state index in [0.29, 0.717) is 18.2 Å². The Labute approximate surface area is 141 Å². The van der Waals surface area contributed by atoms with E-state index in [4.69, 9.17) is 5.73 Å². The van der Waals surface area contributed by atoms with E-state index in [0.717, 1.165) is 17.1 Å². The maximum atomic E-state index is 12.1. The molecule has 124 valence electrons. The molecular formula is C17H24N4OS. The van der Waals surface area contributed by atoms with Crippen molar-refractivity contribution in [3.8, 4) is 0 Å². The molecule has 2 aromatic rings. The molecule has 3 N–H and O–H groups in total. The van der Waals surface area contributed by atoms with Crippen LogP contribution in [0.15, 0.2) is 24.5 Å². The second-order valence-electron chi connectivity index (χ2n) is 6.64. The molecule has 1 saturated carbocycles. The monoisotopic (exact) mass is 332 g/mol. The van der Waals surface area contributed by atoms with E-state index >= 15 is 0 Å². The fourth-order valence-corrected chi connectivity index (χ4v) is 3.58. The summed E-state index contributed by atoms with van der Waals surface area (Å²) >= 11 is 1.59. The van der Waals surface area contributed by atoms with Crippen molar-refractivity contribution >= 4 is 23.3 Å². The highest BCUT2D eigenvalue weighted by atomic mass is 32.2. The minimum Gasteiger partial charge on any atom is -0.349 e. The van der Waals surface area contributed by atoms with Crippen molar-refractivity contribution in [1.29, 1.82) is 0 Å². The van der Waals surface area contributed by atoms with Gasteiger partial charge in [-0.3, -0.25) is 4.79 Å². The maximum Gasteiger partial charge on any atom is 0.230 e. The Hall–Kier alpha value is -1.53. The van der Waals surface area contributed by atoms with Crippen LogP contribution in [-0.4, -0.2) is 33.1 Å². The summed E-state index contributed by atoms with van der Waals surface area (Å²) in [5.41, 5.74) is 8.74. The van der Waals surface area contributed by atoms with Crippen molar-refractivity contribution in [2.75, 3.05) is 12.3 Å². The fourth-order valence-electron chi connectivity index (χ4n) is 2.87. The molecule has 0 aliphatic heterocycles. The number of aromatic nitrogens is 2. The number of nitrogens with zero attached hydrogens (tertiary/aromatic N) is 2. The first-order valence-electron chi connectivity index (χ1n) is 8.03. The van der Waals surface area contributed by atoms with E-state index in [1.54, 1.807) is 11.8 Å². The summed E-state index contributed by atoms with van der Waals surface area (Å²) in [5.74, 6) is 1.78. The number of fused-ring (bicyclic) bond motifs is 1. The van der Waals surface area contributed by atoms with Crippen LogP contribution in [0.5, 0.6) is 0 Å². The second-order valence-corrected chi connectivity index (χ2v) is 7.63. The quantitative estimate of drug-likeness (QED) is 0.814. The van der Waals surface area contributed by atoms with Gasteiger partial charge in [0.25, 0.3) is 0 Å². The number of rotatable bonds is 7. The van der Waals surface area contributed by atoms with Gasteiger partial charge in [-0.05, 0) is 44.2 Å². The van der Waals surface area contributed by atoms with Crippen LogP contribution in [0.3, 0.4) is 0 Å². The molecule has 2 aromatic heterocycles. The standard InChI is InChI=1S/C17H24N4OS/c1-12-3-6-15-19-14(8-21(15)7-12)9-23-10-16(22)20-17(2,11-18)13-4-5-13/h3,6-8,13H,4-5,9-11,18H2,1-2H3,(H,20,22). The number of carbonyl (C=O) groups is 1. The number of hydrogen-bond acceptors (Lipinski definition) is 4. The molecule has 0 bridgehead atoms. The van der Waals surface area contributed by atoms with Gasteiger partial charge in [-0.15, -0.1) is 11.8 Å². The zero-order chi connectivity index (χ0) is 16.4. The summed E-state index contributed by atoms with van der Waals surface area (Å²) in [6, 6.07) is 4.07. The SMILES string of the molecule is Cc1ccc2nc(CSCC(=O)NC(C)(CN)C3CC3)cn2c1. The number of nitrogens with one attached hydrogen (secondary N) is 1. The van der Waals surface area contributed by atoms with Crippen LogP contribution in [0.4, 0.5) is 0 Å². The Morgan fingerprint density at radius 2 is 2.26 bits per heavy atom. The van der Waals surface area contributed by atoms with Crippen LogP contribution in [0.25, 0.3) is 5.65 Å². The van der Waals surface area contributed by atoms with Crippen LogP contribution in [0.2, 0.25) is 0 Å². The van der Waals surface area contributed by atoms with Gasteiger partial charge in [0.2, 0.25) is 5.91 Å².